The lowest BCUT2D eigenvalue weighted by atomic mass is 9.95. The molecule has 0 aliphatic carbocycles. The normalized spacial score (nSPS) is 23.7. The molecule has 2 atom stereocenters. The van der Waals surface area contributed by atoms with Crippen molar-refractivity contribution in [1.29, 1.82) is 0 Å². The quantitative estimate of drug-likeness (QED) is 0.811. The minimum Gasteiger partial charge on any atom is -0.387 e. The van der Waals surface area contributed by atoms with Gasteiger partial charge in [0, 0.05) is 11.1 Å². The molecule has 0 saturated carbocycles. The van der Waals surface area contributed by atoms with E-state index in [-0.39, 0.29) is 6.04 Å². The van der Waals surface area contributed by atoms with Gasteiger partial charge < -0.3 is 10.4 Å². The molecule has 82 valence electrons. The fourth-order valence-corrected chi connectivity index (χ4v) is 2.17. The second kappa shape index (κ2) is 4.97. The molecule has 1 saturated heterocycles. The number of benzene rings is 1. The van der Waals surface area contributed by atoms with Gasteiger partial charge in [0.2, 0.25) is 0 Å². The Morgan fingerprint density at radius 3 is 2.60 bits per heavy atom. The first-order valence-corrected chi connectivity index (χ1v) is 5.82. The average Bonchev–Trinajstić information content (AvgIpc) is 2.30. The highest BCUT2D eigenvalue weighted by Crippen LogP contribution is 2.23. The number of halogens is 1. The van der Waals surface area contributed by atoms with Gasteiger partial charge in [0.1, 0.15) is 0 Å². The van der Waals surface area contributed by atoms with Crippen molar-refractivity contribution in [2.75, 3.05) is 6.54 Å². The molecule has 2 nitrogen and oxygen atoms in total. The molecule has 1 heterocycles. The third-order valence-corrected chi connectivity index (χ3v) is 3.19. The summed E-state index contributed by atoms with van der Waals surface area (Å²) in [6.07, 6.45) is 3.04. The van der Waals surface area contributed by atoms with Gasteiger partial charge in [0.15, 0.2) is 0 Å². The lowest BCUT2D eigenvalue weighted by Gasteiger charge is -2.28. The van der Waals surface area contributed by atoms with Crippen molar-refractivity contribution in [3.05, 3.63) is 34.9 Å². The van der Waals surface area contributed by atoms with Crippen LogP contribution in [-0.2, 0) is 0 Å². The van der Waals surface area contributed by atoms with E-state index in [9.17, 15) is 5.11 Å². The summed E-state index contributed by atoms with van der Waals surface area (Å²) < 4.78 is 0. The van der Waals surface area contributed by atoms with Crippen molar-refractivity contribution >= 4 is 11.6 Å². The van der Waals surface area contributed by atoms with Gasteiger partial charge >= 0.3 is 0 Å². The van der Waals surface area contributed by atoms with E-state index in [1.54, 1.807) is 0 Å². The van der Waals surface area contributed by atoms with E-state index in [1.165, 1.54) is 12.8 Å². The van der Waals surface area contributed by atoms with E-state index in [0.29, 0.717) is 5.02 Å². The van der Waals surface area contributed by atoms with Gasteiger partial charge in [-0.2, -0.15) is 0 Å². The molecule has 1 aliphatic rings. The van der Waals surface area contributed by atoms with Crippen LogP contribution in [0, 0.1) is 0 Å². The molecule has 2 unspecified atom stereocenters. The first-order valence-electron chi connectivity index (χ1n) is 5.44. The maximum absolute atomic E-state index is 10.1. The first kappa shape index (κ1) is 10.9. The lowest BCUT2D eigenvalue weighted by molar-refractivity contribution is 0.114. The fourth-order valence-electron chi connectivity index (χ4n) is 2.04. The zero-order chi connectivity index (χ0) is 10.7. The van der Waals surface area contributed by atoms with Crippen LogP contribution < -0.4 is 5.32 Å². The van der Waals surface area contributed by atoms with Crippen LogP contribution in [0.25, 0.3) is 0 Å². The Hall–Kier alpha value is -0.570. The summed E-state index contributed by atoms with van der Waals surface area (Å²) in [5.41, 5.74) is 0.943. The smallest absolute Gasteiger partial charge is 0.0942 e. The van der Waals surface area contributed by atoms with Crippen molar-refractivity contribution < 1.29 is 5.11 Å². The zero-order valence-corrected chi connectivity index (χ0v) is 9.37. The van der Waals surface area contributed by atoms with Crippen molar-refractivity contribution in [3.63, 3.8) is 0 Å². The predicted molar refractivity (Wildman–Crippen MR) is 62.1 cm³/mol. The molecule has 3 heteroatoms. The van der Waals surface area contributed by atoms with Gasteiger partial charge in [-0.15, -0.1) is 0 Å². The molecular weight excluding hydrogens is 210 g/mol. The number of rotatable bonds is 2. The van der Waals surface area contributed by atoms with Crippen LogP contribution in [0.4, 0.5) is 0 Å². The van der Waals surface area contributed by atoms with Crippen LogP contribution in [0.3, 0.4) is 0 Å². The predicted octanol–water partition coefficient (Wildman–Crippen LogP) is 2.52. The maximum atomic E-state index is 10.1. The summed E-state index contributed by atoms with van der Waals surface area (Å²) in [6.45, 7) is 1.01. The van der Waals surface area contributed by atoms with E-state index in [2.05, 4.69) is 5.32 Å². The summed E-state index contributed by atoms with van der Waals surface area (Å²) in [5.74, 6) is 0. The van der Waals surface area contributed by atoms with Crippen LogP contribution in [0.5, 0.6) is 0 Å². The second-order valence-corrected chi connectivity index (χ2v) is 4.49. The van der Waals surface area contributed by atoms with Crippen molar-refractivity contribution in [2.24, 2.45) is 0 Å². The molecule has 0 spiro atoms. The highest BCUT2D eigenvalue weighted by molar-refractivity contribution is 6.30. The summed E-state index contributed by atoms with van der Waals surface area (Å²) in [5, 5.41) is 14.2. The fraction of sp³-hybridized carbons (Fsp3) is 0.500. The SMILES string of the molecule is OC(c1ccc(Cl)cc1)C1CCCCN1. The Bertz CT molecular complexity index is 306. The zero-order valence-electron chi connectivity index (χ0n) is 8.62. The van der Waals surface area contributed by atoms with E-state index in [1.807, 2.05) is 24.3 Å². The van der Waals surface area contributed by atoms with Gasteiger partial charge in [0.05, 0.1) is 6.10 Å². The summed E-state index contributed by atoms with van der Waals surface area (Å²) in [7, 11) is 0. The summed E-state index contributed by atoms with van der Waals surface area (Å²) >= 11 is 5.80. The number of aliphatic hydroxyl groups is 1. The number of aliphatic hydroxyl groups excluding tert-OH is 1. The van der Waals surface area contributed by atoms with Gasteiger partial charge in [-0.05, 0) is 37.1 Å². The molecule has 2 N–H and O–H groups in total. The van der Waals surface area contributed by atoms with Crippen LogP contribution in [0.2, 0.25) is 5.02 Å². The molecule has 15 heavy (non-hydrogen) atoms. The molecule has 1 aliphatic heterocycles. The second-order valence-electron chi connectivity index (χ2n) is 4.05. The van der Waals surface area contributed by atoms with Gasteiger partial charge in [-0.1, -0.05) is 30.2 Å². The number of hydrogen-bond acceptors (Lipinski definition) is 2. The molecule has 0 amide bonds. The van der Waals surface area contributed by atoms with Gasteiger partial charge in [-0.25, -0.2) is 0 Å². The van der Waals surface area contributed by atoms with Crippen LogP contribution in [-0.4, -0.2) is 17.7 Å². The third-order valence-electron chi connectivity index (χ3n) is 2.94. The summed E-state index contributed by atoms with van der Waals surface area (Å²) in [6, 6.07) is 7.62. The van der Waals surface area contributed by atoms with Crippen LogP contribution in [0.1, 0.15) is 30.9 Å². The third kappa shape index (κ3) is 2.71. The minimum absolute atomic E-state index is 0.194. The molecule has 2 rings (SSSR count). The number of nitrogens with one attached hydrogen (secondary N) is 1. The van der Waals surface area contributed by atoms with Crippen molar-refractivity contribution in [3.8, 4) is 0 Å². The van der Waals surface area contributed by atoms with Gasteiger partial charge in [0.25, 0.3) is 0 Å². The van der Waals surface area contributed by atoms with Crippen molar-refractivity contribution in [2.45, 2.75) is 31.4 Å². The Kier molecular flexibility index (Phi) is 3.62. The first-order chi connectivity index (χ1) is 7.27. The van der Waals surface area contributed by atoms with E-state index >= 15 is 0 Å². The molecular formula is C12H16ClNO. The molecule has 1 aromatic rings. The van der Waals surface area contributed by atoms with Gasteiger partial charge in [-0.3, -0.25) is 0 Å². The monoisotopic (exact) mass is 225 g/mol. The molecule has 0 radical (unpaired) electrons. The maximum Gasteiger partial charge on any atom is 0.0942 e. The minimum atomic E-state index is -0.414. The largest absolute Gasteiger partial charge is 0.387 e. The molecule has 0 aromatic heterocycles. The number of piperidine rings is 1. The molecule has 1 fully saturated rings. The Labute approximate surface area is 95.3 Å². The highest BCUT2D eigenvalue weighted by Gasteiger charge is 2.22. The molecule has 1 aromatic carbocycles. The van der Waals surface area contributed by atoms with Crippen LogP contribution >= 0.6 is 11.6 Å². The highest BCUT2D eigenvalue weighted by atomic mass is 35.5. The lowest BCUT2D eigenvalue weighted by Crippen LogP contribution is -2.38. The standard InChI is InChI=1S/C12H16ClNO/c13-10-6-4-9(5-7-10)12(15)11-3-1-2-8-14-11/h4-7,11-12,14-15H,1-3,8H2. The molecule has 0 bridgehead atoms. The van der Waals surface area contributed by atoms with E-state index in [4.69, 9.17) is 11.6 Å². The van der Waals surface area contributed by atoms with Crippen molar-refractivity contribution in [1.82, 2.24) is 5.32 Å². The Balaban J connectivity index is 2.05. The Morgan fingerprint density at radius 1 is 1.27 bits per heavy atom. The topological polar surface area (TPSA) is 32.3 Å². The number of hydrogen-bond donors (Lipinski definition) is 2. The summed E-state index contributed by atoms with van der Waals surface area (Å²) in [4.78, 5) is 0. The van der Waals surface area contributed by atoms with E-state index < -0.39 is 6.10 Å². The average molecular weight is 226 g/mol. The Morgan fingerprint density at radius 2 is 2.00 bits per heavy atom. The van der Waals surface area contributed by atoms with E-state index in [0.717, 1.165) is 18.5 Å². The van der Waals surface area contributed by atoms with Crippen LogP contribution in [0.15, 0.2) is 24.3 Å².